The first-order valence-corrected chi connectivity index (χ1v) is 14.4. The maximum atomic E-state index is 13.1. The highest BCUT2D eigenvalue weighted by atomic mass is 32.2. The highest BCUT2D eigenvalue weighted by Crippen LogP contribution is 2.43. The van der Waals surface area contributed by atoms with Crippen LogP contribution in [0.15, 0.2) is 71.6 Å². The molecular weight excluding hydrogens is 526 g/mol. The Morgan fingerprint density at radius 2 is 1.60 bits per heavy atom. The maximum absolute atomic E-state index is 13.1. The van der Waals surface area contributed by atoms with Gasteiger partial charge in [-0.15, -0.1) is 0 Å². The lowest BCUT2D eigenvalue weighted by atomic mass is 9.96. The number of hydrogen-bond acceptors (Lipinski definition) is 5. The van der Waals surface area contributed by atoms with Gasteiger partial charge in [-0.3, -0.25) is 19.1 Å². The summed E-state index contributed by atoms with van der Waals surface area (Å²) in [6.07, 6.45) is 1.07. The first-order chi connectivity index (χ1) is 19.2. The van der Waals surface area contributed by atoms with E-state index in [9.17, 15) is 18.0 Å². The summed E-state index contributed by atoms with van der Waals surface area (Å²) in [5, 5.41) is 5.75. The summed E-state index contributed by atoms with van der Waals surface area (Å²) in [4.78, 5) is 29.8. The molecule has 0 radical (unpaired) electrons. The summed E-state index contributed by atoms with van der Waals surface area (Å²) in [5.41, 5.74) is 6.24. The van der Waals surface area contributed by atoms with E-state index in [2.05, 4.69) is 14.9 Å². The molecule has 0 unspecified atom stereocenters. The van der Waals surface area contributed by atoms with Crippen LogP contribution in [0.1, 0.15) is 38.3 Å². The van der Waals surface area contributed by atoms with Crippen LogP contribution in [0, 0.1) is 6.92 Å². The molecule has 0 saturated carbocycles. The predicted molar refractivity (Wildman–Crippen MR) is 154 cm³/mol. The number of benzene rings is 4. The standard InChI is InChI=1S/C31H25N3O5S/c1-17-9-12-19(13-10-17)40(37,38)39-15-5-6-18-11-14-23-21(16-18)25-27-26(30(35)33-31(27)36)24-20-7-3-4-8-22(20)32-28(24)29(25)34(23)2/h3-4,7-14,16,32H,5-6,15H2,1-2H3,(H,33,35,36). The normalized spacial score (nSPS) is 13.7. The number of nitrogens with zero attached hydrogens (tertiary/aromatic N) is 1. The summed E-state index contributed by atoms with van der Waals surface area (Å²) >= 11 is 0. The molecule has 7 rings (SSSR count). The fourth-order valence-electron chi connectivity index (χ4n) is 5.92. The molecule has 8 nitrogen and oxygen atoms in total. The van der Waals surface area contributed by atoms with E-state index >= 15 is 0 Å². The van der Waals surface area contributed by atoms with Crippen molar-refractivity contribution in [2.24, 2.45) is 7.05 Å². The van der Waals surface area contributed by atoms with Crippen molar-refractivity contribution in [2.45, 2.75) is 24.7 Å². The lowest BCUT2D eigenvalue weighted by Crippen LogP contribution is -2.20. The van der Waals surface area contributed by atoms with Crippen LogP contribution >= 0.6 is 0 Å². The molecule has 4 aromatic carbocycles. The summed E-state index contributed by atoms with van der Waals surface area (Å²) in [5.74, 6) is -0.790. The van der Waals surface area contributed by atoms with Crippen molar-refractivity contribution in [2.75, 3.05) is 6.61 Å². The topological polar surface area (TPSA) is 110 Å². The van der Waals surface area contributed by atoms with Gasteiger partial charge in [-0.05, 0) is 55.7 Å². The number of H-pyrrole nitrogens is 1. The Kier molecular flexibility index (Phi) is 5.39. The molecular formula is C31H25N3O5S. The second kappa shape index (κ2) is 8.77. The van der Waals surface area contributed by atoms with Crippen molar-refractivity contribution < 1.29 is 22.2 Å². The third-order valence-electron chi connectivity index (χ3n) is 7.80. The van der Waals surface area contributed by atoms with Crippen LogP contribution in [0.2, 0.25) is 0 Å². The number of rotatable bonds is 6. The minimum Gasteiger partial charge on any atom is -0.353 e. The van der Waals surface area contributed by atoms with Crippen LogP contribution in [0.4, 0.5) is 0 Å². The minimum atomic E-state index is -3.82. The van der Waals surface area contributed by atoms with Gasteiger partial charge in [0.2, 0.25) is 0 Å². The number of carbonyl (C=O) groups is 2. The molecule has 0 atom stereocenters. The largest absolute Gasteiger partial charge is 0.353 e. The first kappa shape index (κ1) is 24.6. The SMILES string of the molecule is Cc1ccc(S(=O)(=O)OCCCc2ccc3c(c2)c2c4c(c5c6ccccc6[nH]c5c2n3C)C(=O)NC4=O)cc1. The second-order valence-electron chi connectivity index (χ2n) is 10.3. The third-order valence-corrected chi connectivity index (χ3v) is 9.12. The molecule has 0 fully saturated rings. The van der Waals surface area contributed by atoms with Crippen LogP contribution in [0.5, 0.6) is 0 Å². The van der Waals surface area contributed by atoms with Gasteiger partial charge in [0, 0.05) is 39.6 Å². The van der Waals surface area contributed by atoms with E-state index < -0.39 is 21.9 Å². The predicted octanol–water partition coefficient (Wildman–Crippen LogP) is 5.50. The van der Waals surface area contributed by atoms with Crippen LogP contribution in [-0.2, 0) is 27.8 Å². The number of carbonyl (C=O) groups excluding carboxylic acids is 2. The van der Waals surface area contributed by atoms with Gasteiger partial charge < -0.3 is 9.55 Å². The molecule has 2 amide bonds. The van der Waals surface area contributed by atoms with Crippen molar-refractivity contribution in [3.05, 3.63) is 89.0 Å². The Bertz CT molecular complexity index is 2160. The Labute approximate surface area is 229 Å². The summed E-state index contributed by atoms with van der Waals surface area (Å²) in [7, 11) is -1.87. The smallest absolute Gasteiger partial charge is 0.296 e. The first-order valence-electron chi connectivity index (χ1n) is 13.0. The van der Waals surface area contributed by atoms with Crippen LogP contribution in [0.25, 0.3) is 43.6 Å². The van der Waals surface area contributed by atoms with E-state index in [4.69, 9.17) is 4.18 Å². The molecule has 0 bridgehead atoms. The van der Waals surface area contributed by atoms with Gasteiger partial charge in [0.05, 0.1) is 33.7 Å². The van der Waals surface area contributed by atoms with Crippen molar-refractivity contribution in [1.82, 2.24) is 14.9 Å². The van der Waals surface area contributed by atoms with E-state index in [0.717, 1.165) is 54.7 Å². The van der Waals surface area contributed by atoms with Gasteiger partial charge in [-0.2, -0.15) is 8.42 Å². The molecule has 1 aliphatic rings. The Hall–Kier alpha value is -4.47. The molecule has 40 heavy (non-hydrogen) atoms. The molecule has 0 spiro atoms. The highest BCUT2D eigenvalue weighted by Gasteiger charge is 2.35. The number of para-hydroxylation sites is 1. The lowest BCUT2D eigenvalue weighted by Gasteiger charge is -2.07. The molecule has 3 heterocycles. The third kappa shape index (κ3) is 3.58. The monoisotopic (exact) mass is 551 g/mol. The average Bonchev–Trinajstić information content (AvgIpc) is 3.55. The molecule has 9 heteroatoms. The van der Waals surface area contributed by atoms with Crippen LogP contribution in [-0.4, -0.2) is 36.4 Å². The molecule has 0 aliphatic carbocycles. The van der Waals surface area contributed by atoms with Crippen LogP contribution in [0.3, 0.4) is 0 Å². The highest BCUT2D eigenvalue weighted by molar-refractivity contribution is 7.86. The summed E-state index contributed by atoms with van der Waals surface area (Å²) in [6.45, 7) is 1.94. The van der Waals surface area contributed by atoms with Crippen molar-refractivity contribution in [3.8, 4) is 0 Å². The Morgan fingerprint density at radius 3 is 2.38 bits per heavy atom. The summed E-state index contributed by atoms with van der Waals surface area (Å²) < 4.78 is 32.4. The Morgan fingerprint density at radius 1 is 0.875 bits per heavy atom. The Balaban J connectivity index is 1.29. The van der Waals surface area contributed by atoms with Gasteiger partial charge in [0.15, 0.2) is 0 Å². The quantitative estimate of drug-likeness (QED) is 0.161. The number of nitrogens with one attached hydrogen (secondary N) is 2. The fraction of sp³-hybridized carbons (Fsp3) is 0.161. The molecule has 0 saturated heterocycles. The van der Waals surface area contributed by atoms with Crippen molar-refractivity contribution in [1.29, 1.82) is 0 Å². The molecule has 1 aliphatic heterocycles. The van der Waals surface area contributed by atoms with E-state index in [0.29, 0.717) is 24.0 Å². The average molecular weight is 552 g/mol. The number of fused-ring (bicyclic) bond motifs is 10. The zero-order valence-corrected chi connectivity index (χ0v) is 22.7. The number of aromatic nitrogens is 2. The number of aryl methyl sites for hydroxylation is 3. The number of imide groups is 1. The van der Waals surface area contributed by atoms with Crippen molar-refractivity contribution >= 4 is 65.5 Å². The number of aromatic amines is 1. The van der Waals surface area contributed by atoms with Gasteiger partial charge >= 0.3 is 0 Å². The molecule has 200 valence electrons. The van der Waals surface area contributed by atoms with E-state index in [1.54, 1.807) is 24.3 Å². The number of hydrogen-bond donors (Lipinski definition) is 2. The number of amides is 2. The zero-order valence-electron chi connectivity index (χ0n) is 21.9. The van der Waals surface area contributed by atoms with E-state index in [-0.39, 0.29) is 11.5 Å². The van der Waals surface area contributed by atoms with Gasteiger partial charge in [-0.25, -0.2) is 0 Å². The van der Waals surface area contributed by atoms with E-state index in [1.807, 2.05) is 56.4 Å². The van der Waals surface area contributed by atoms with Gasteiger partial charge in [0.1, 0.15) is 0 Å². The van der Waals surface area contributed by atoms with Crippen LogP contribution < -0.4 is 5.32 Å². The van der Waals surface area contributed by atoms with Gasteiger partial charge in [0.25, 0.3) is 21.9 Å². The molecule has 2 aromatic heterocycles. The zero-order chi connectivity index (χ0) is 27.8. The maximum Gasteiger partial charge on any atom is 0.296 e. The fourth-order valence-corrected chi connectivity index (χ4v) is 6.87. The lowest BCUT2D eigenvalue weighted by molar-refractivity contribution is 0.0880. The van der Waals surface area contributed by atoms with Crippen molar-refractivity contribution in [3.63, 3.8) is 0 Å². The minimum absolute atomic E-state index is 0.0474. The molecule has 6 aromatic rings. The van der Waals surface area contributed by atoms with E-state index in [1.165, 1.54) is 0 Å². The summed E-state index contributed by atoms with van der Waals surface area (Å²) in [6, 6.07) is 20.4. The molecule has 2 N–H and O–H groups in total. The van der Waals surface area contributed by atoms with Gasteiger partial charge in [-0.1, -0.05) is 42.0 Å². The second-order valence-corrected chi connectivity index (χ2v) is 11.9.